The van der Waals surface area contributed by atoms with E-state index >= 15 is 0 Å². The number of nitrogens with zero attached hydrogens (tertiary/aromatic N) is 1. The van der Waals surface area contributed by atoms with Gasteiger partial charge in [0.05, 0.1) is 5.69 Å². The molecule has 0 aliphatic carbocycles. The van der Waals surface area contributed by atoms with Crippen LogP contribution in [0, 0.1) is 6.92 Å². The molecule has 1 N–H and O–H groups in total. The molecule has 2 aromatic carbocycles. The van der Waals surface area contributed by atoms with Crippen LogP contribution in [0.1, 0.15) is 15.2 Å². The molecular formula is C20H13BrN2O3S. The van der Waals surface area contributed by atoms with Crippen LogP contribution in [-0.2, 0) is 0 Å². The van der Waals surface area contributed by atoms with E-state index in [0.717, 1.165) is 20.6 Å². The summed E-state index contributed by atoms with van der Waals surface area (Å²) >= 11 is 4.73. The van der Waals surface area contributed by atoms with Crippen molar-refractivity contribution >= 4 is 49.3 Å². The molecule has 4 rings (SSSR count). The molecule has 0 aliphatic rings. The second-order valence-electron chi connectivity index (χ2n) is 5.87. The lowest BCUT2D eigenvalue weighted by molar-refractivity contribution is 0.102. The fourth-order valence-corrected chi connectivity index (χ4v) is 3.94. The molecule has 4 aromatic rings. The van der Waals surface area contributed by atoms with E-state index in [9.17, 15) is 9.59 Å². The van der Waals surface area contributed by atoms with Gasteiger partial charge in [-0.2, -0.15) is 0 Å². The largest absolute Gasteiger partial charge is 0.422 e. The normalized spacial score (nSPS) is 10.9. The molecular weight excluding hydrogens is 428 g/mol. The van der Waals surface area contributed by atoms with E-state index in [1.165, 1.54) is 17.4 Å². The summed E-state index contributed by atoms with van der Waals surface area (Å²) in [5.41, 5.74) is 1.47. The Bertz CT molecular complexity index is 1220. The molecule has 0 aliphatic heterocycles. The Hall–Kier alpha value is -2.77. The maximum Gasteiger partial charge on any atom is 0.349 e. The zero-order valence-electron chi connectivity index (χ0n) is 14.2. The summed E-state index contributed by atoms with van der Waals surface area (Å²) in [4.78, 5) is 30.3. The number of halogens is 1. The van der Waals surface area contributed by atoms with Gasteiger partial charge >= 0.3 is 5.63 Å². The van der Waals surface area contributed by atoms with Gasteiger partial charge in [-0.05, 0) is 31.2 Å². The summed E-state index contributed by atoms with van der Waals surface area (Å²) in [6.07, 6.45) is 0. The Morgan fingerprint density at radius 3 is 2.70 bits per heavy atom. The summed E-state index contributed by atoms with van der Waals surface area (Å²) in [5, 5.41) is 3.80. The maximum absolute atomic E-state index is 12.6. The Morgan fingerprint density at radius 1 is 1.15 bits per heavy atom. The predicted molar refractivity (Wildman–Crippen MR) is 110 cm³/mol. The summed E-state index contributed by atoms with van der Waals surface area (Å²) in [7, 11) is 0. The molecule has 0 saturated carbocycles. The van der Waals surface area contributed by atoms with Gasteiger partial charge in [0.2, 0.25) is 0 Å². The number of aromatic nitrogens is 1. The van der Waals surface area contributed by atoms with Gasteiger partial charge in [0.25, 0.3) is 5.91 Å². The zero-order chi connectivity index (χ0) is 19.0. The molecule has 0 atom stereocenters. The molecule has 1 amide bonds. The van der Waals surface area contributed by atoms with Crippen molar-refractivity contribution in [1.82, 2.24) is 4.98 Å². The number of aryl methyl sites for hydroxylation is 1. The SMILES string of the molecule is Cc1sc(NC(=O)c2cc3cc(Br)ccc3oc2=O)nc1-c1ccccc1. The fraction of sp³-hybridized carbons (Fsp3) is 0.0500. The van der Waals surface area contributed by atoms with E-state index in [2.05, 4.69) is 26.2 Å². The van der Waals surface area contributed by atoms with Crippen LogP contribution in [0.25, 0.3) is 22.2 Å². The van der Waals surface area contributed by atoms with Gasteiger partial charge in [0.1, 0.15) is 11.1 Å². The Labute approximate surface area is 166 Å². The average Bonchev–Trinajstić information content (AvgIpc) is 3.02. The minimum atomic E-state index is -0.682. The topological polar surface area (TPSA) is 72.2 Å². The highest BCUT2D eigenvalue weighted by Crippen LogP contribution is 2.30. The Kier molecular flexibility index (Phi) is 4.63. The molecule has 2 heterocycles. The van der Waals surface area contributed by atoms with Crippen molar-refractivity contribution in [2.24, 2.45) is 0 Å². The lowest BCUT2D eigenvalue weighted by Crippen LogP contribution is -2.20. The number of carbonyl (C=O) groups excluding carboxylic acids is 1. The lowest BCUT2D eigenvalue weighted by atomic mass is 10.1. The number of benzene rings is 2. The van der Waals surface area contributed by atoms with Crippen LogP contribution >= 0.6 is 27.3 Å². The molecule has 0 unspecified atom stereocenters. The van der Waals surface area contributed by atoms with Gasteiger partial charge in [-0.1, -0.05) is 46.3 Å². The standard InChI is InChI=1S/C20H13BrN2O3S/c1-11-17(12-5-3-2-4-6-12)22-20(27-11)23-18(24)15-10-13-9-14(21)7-8-16(13)26-19(15)25/h2-10H,1H3,(H,22,23,24). The molecule has 7 heteroatoms. The first-order valence-corrected chi connectivity index (χ1v) is 9.70. The van der Waals surface area contributed by atoms with Crippen LogP contribution in [0.4, 0.5) is 5.13 Å². The van der Waals surface area contributed by atoms with Crippen molar-refractivity contribution in [3.63, 3.8) is 0 Å². The van der Waals surface area contributed by atoms with Crippen molar-refractivity contribution in [1.29, 1.82) is 0 Å². The third kappa shape index (κ3) is 3.56. The second kappa shape index (κ2) is 7.09. The van der Waals surface area contributed by atoms with Crippen LogP contribution in [0.3, 0.4) is 0 Å². The third-order valence-electron chi connectivity index (χ3n) is 4.00. The predicted octanol–water partition coefficient (Wildman–Crippen LogP) is 5.24. The Balaban J connectivity index is 1.66. The molecule has 0 fully saturated rings. The molecule has 2 aromatic heterocycles. The van der Waals surface area contributed by atoms with Gasteiger partial charge in [0.15, 0.2) is 5.13 Å². The first-order chi connectivity index (χ1) is 13.0. The average molecular weight is 441 g/mol. The summed E-state index contributed by atoms with van der Waals surface area (Å²) in [6.45, 7) is 1.94. The van der Waals surface area contributed by atoms with E-state index in [0.29, 0.717) is 16.1 Å². The maximum atomic E-state index is 12.6. The number of fused-ring (bicyclic) bond motifs is 1. The molecule has 27 heavy (non-hydrogen) atoms. The van der Waals surface area contributed by atoms with Gasteiger partial charge in [0, 0.05) is 20.3 Å². The van der Waals surface area contributed by atoms with Crippen LogP contribution in [0.5, 0.6) is 0 Å². The zero-order valence-corrected chi connectivity index (χ0v) is 16.6. The molecule has 5 nitrogen and oxygen atoms in total. The summed E-state index contributed by atoms with van der Waals surface area (Å²) in [5.74, 6) is -0.543. The van der Waals surface area contributed by atoms with Crippen molar-refractivity contribution in [2.75, 3.05) is 5.32 Å². The second-order valence-corrected chi connectivity index (χ2v) is 7.99. The van der Waals surface area contributed by atoms with Crippen molar-refractivity contribution in [2.45, 2.75) is 6.92 Å². The Morgan fingerprint density at radius 2 is 1.93 bits per heavy atom. The van der Waals surface area contributed by atoms with E-state index in [-0.39, 0.29) is 5.56 Å². The number of anilines is 1. The summed E-state index contributed by atoms with van der Waals surface area (Å²) in [6, 6.07) is 16.5. The number of thiazole rings is 1. The quantitative estimate of drug-likeness (QED) is 0.442. The minimum Gasteiger partial charge on any atom is -0.422 e. The number of carbonyl (C=O) groups is 1. The highest BCUT2D eigenvalue weighted by Gasteiger charge is 2.17. The van der Waals surface area contributed by atoms with Gasteiger partial charge in [-0.25, -0.2) is 9.78 Å². The highest BCUT2D eigenvalue weighted by atomic mass is 79.9. The van der Waals surface area contributed by atoms with E-state index in [1.54, 1.807) is 18.2 Å². The number of rotatable bonds is 3. The van der Waals surface area contributed by atoms with Crippen LogP contribution in [0.2, 0.25) is 0 Å². The lowest BCUT2D eigenvalue weighted by Gasteiger charge is -2.03. The van der Waals surface area contributed by atoms with Gasteiger partial charge < -0.3 is 4.42 Å². The third-order valence-corrected chi connectivity index (χ3v) is 5.38. The van der Waals surface area contributed by atoms with Gasteiger partial charge in [-0.3, -0.25) is 10.1 Å². The van der Waals surface area contributed by atoms with Crippen molar-refractivity contribution < 1.29 is 9.21 Å². The first kappa shape index (κ1) is 17.6. The van der Waals surface area contributed by atoms with Crippen LogP contribution in [0.15, 0.2) is 68.3 Å². The number of amides is 1. The van der Waals surface area contributed by atoms with E-state index in [4.69, 9.17) is 4.42 Å². The van der Waals surface area contributed by atoms with E-state index in [1.807, 2.05) is 37.3 Å². The van der Waals surface area contributed by atoms with Crippen LogP contribution < -0.4 is 10.9 Å². The van der Waals surface area contributed by atoms with Crippen molar-refractivity contribution in [3.8, 4) is 11.3 Å². The van der Waals surface area contributed by atoms with Crippen molar-refractivity contribution in [3.05, 3.63) is 79.9 Å². The molecule has 0 radical (unpaired) electrons. The van der Waals surface area contributed by atoms with Crippen LogP contribution in [-0.4, -0.2) is 10.9 Å². The number of hydrogen-bond acceptors (Lipinski definition) is 5. The van der Waals surface area contributed by atoms with Gasteiger partial charge in [-0.15, -0.1) is 11.3 Å². The first-order valence-electron chi connectivity index (χ1n) is 8.09. The minimum absolute atomic E-state index is 0.0604. The monoisotopic (exact) mass is 440 g/mol. The fourth-order valence-electron chi connectivity index (χ4n) is 2.73. The smallest absolute Gasteiger partial charge is 0.349 e. The highest BCUT2D eigenvalue weighted by molar-refractivity contribution is 9.10. The molecule has 134 valence electrons. The summed E-state index contributed by atoms with van der Waals surface area (Å²) < 4.78 is 6.08. The molecule has 0 saturated heterocycles. The number of hydrogen-bond donors (Lipinski definition) is 1. The number of nitrogens with one attached hydrogen (secondary N) is 1. The molecule has 0 bridgehead atoms. The molecule has 0 spiro atoms. The van der Waals surface area contributed by atoms with E-state index < -0.39 is 11.5 Å².